The quantitative estimate of drug-likeness (QED) is 0.814. The zero-order chi connectivity index (χ0) is 15.8. The number of ether oxygens (including phenoxy) is 1. The second-order valence-corrected chi connectivity index (χ2v) is 5.91. The highest BCUT2D eigenvalue weighted by Crippen LogP contribution is 2.18. The van der Waals surface area contributed by atoms with Crippen molar-refractivity contribution in [2.45, 2.75) is 6.04 Å². The summed E-state index contributed by atoms with van der Waals surface area (Å²) in [7, 11) is 0. The number of rotatable bonds is 1. The number of carbonyl (C=O) groups excluding carboxylic acids is 2. The number of fused-ring (bicyclic) bond motifs is 4. The Morgan fingerprint density at radius 1 is 1.17 bits per heavy atom. The van der Waals surface area contributed by atoms with Crippen molar-refractivity contribution < 1.29 is 14.3 Å². The standard InChI is InChI=1S/C16H16N4O3/c21-15-11-6-20(7-12(19-15)9-23-8-11)16(22)10-1-2-13-14(5-10)18-4-3-17-13/h1-5,11-12H,6-9H2,(H,19,21)/t11-,12+/m1/s1. The number of carbonyl (C=O) groups is 2. The molecular formula is C16H16N4O3. The second-order valence-electron chi connectivity index (χ2n) is 5.91. The van der Waals surface area contributed by atoms with Crippen molar-refractivity contribution in [2.75, 3.05) is 26.3 Å². The van der Waals surface area contributed by atoms with Gasteiger partial charge in [-0.1, -0.05) is 0 Å². The Hall–Kier alpha value is -2.54. The van der Waals surface area contributed by atoms with Crippen molar-refractivity contribution in [2.24, 2.45) is 5.92 Å². The van der Waals surface area contributed by atoms with E-state index in [-0.39, 0.29) is 23.8 Å². The topological polar surface area (TPSA) is 84.4 Å². The molecule has 2 aliphatic heterocycles. The normalized spacial score (nSPS) is 24.2. The zero-order valence-corrected chi connectivity index (χ0v) is 12.4. The lowest BCUT2D eigenvalue weighted by molar-refractivity contribution is -0.125. The smallest absolute Gasteiger partial charge is 0.254 e. The summed E-state index contributed by atoms with van der Waals surface area (Å²) in [6, 6.07) is 5.14. The molecule has 0 spiro atoms. The largest absolute Gasteiger partial charge is 0.378 e. The molecule has 1 aromatic heterocycles. The van der Waals surface area contributed by atoms with Crippen LogP contribution in [0.4, 0.5) is 0 Å². The highest BCUT2D eigenvalue weighted by Gasteiger charge is 2.35. The first kappa shape index (κ1) is 14.1. The fourth-order valence-corrected chi connectivity index (χ4v) is 3.07. The minimum absolute atomic E-state index is 0.0350. The molecule has 2 atom stereocenters. The summed E-state index contributed by atoms with van der Waals surface area (Å²) >= 11 is 0. The number of nitrogens with zero attached hydrogens (tertiary/aromatic N) is 3. The maximum atomic E-state index is 12.8. The summed E-state index contributed by atoms with van der Waals surface area (Å²) in [5, 5.41) is 2.93. The van der Waals surface area contributed by atoms with Crippen molar-refractivity contribution in [3.8, 4) is 0 Å². The van der Waals surface area contributed by atoms with Gasteiger partial charge in [0.1, 0.15) is 0 Å². The summed E-state index contributed by atoms with van der Waals surface area (Å²) in [4.78, 5) is 35.0. The van der Waals surface area contributed by atoms with Gasteiger partial charge in [-0.3, -0.25) is 19.6 Å². The Morgan fingerprint density at radius 3 is 2.87 bits per heavy atom. The average Bonchev–Trinajstić information content (AvgIpc) is 2.82. The molecule has 2 saturated heterocycles. The van der Waals surface area contributed by atoms with Crippen molar-refractivity contribution in [1.82, 2.24) is 20.2 Å². The molecule has 0 aliphatic carbocycles. The second kappa shape index (κ2) is 5.58. The van der Waals surface area contributed by atoms with Gasteiger partial charge in [-0.2, -0.15) is 0 Å². The van der Waals surface area contributed by atoms with Crippen LogP contribution in [0.5, 0.6) is 0 Å². The fourth-order valence-electron chi connectivity index (χ4n) is 3.07. The van der Waals surface area contributed by atoms with E-state index in [0.29, 0.717) is 37.4 Å². The van der Waals surface area contributed by atoms with Crippen LogP contribution in [0.3, 0.4) is 0 Å². The van der Waals surface area contributed by atoms with Crippen molar-refractivity contribution in [1.29, 1.82) is 0 Å². The summed E-state index contributed by atoms with van der Waals surface area (Å²) in [6.45, 7) is 1.63. The van der Waals surface area contributed by atoms with Gasteiger partial charge in [-0.15, -0.1) is 0 Å². The number of amides is 2. The van der Waals surface area contributed by atoms with E-state index in [0.717, 1.165) is 5.52 Å². The lowest BCUT2D eigenvalue weighted by atomic mass is 10.1. The Bertz CT molecular complexity index is 779. The zero-order valence-electron chi connectivity index (χ0n) is 12.4. The summed E-state index contributed by atoms with van der Waals surface area (Å²) in [5.74, 6) is -0.440. The number of aromatic nitrogens is 2. The summed E-state index contributed by atoms with van der Waals surface area (Å²) < 4.78 is 5.48. The molecule has 7 nitrogen and oxygen atoms in total. The first-order chi connectivity index (χ1) is 11.2. The van der Waals surface area contributed by atoms with Gasteiger partial charge in [0.15, 0.2) is 0 Å². The Morgan fingerprint density at radius 2 is 2.00 bits per heavy atom. The van der Waals surface area contributed by atoms with E-state index < -0.39 is 0 Å². The third-order valence-corrected chi connectivity index (χ3v) is 4.24. The van der Waals surface area contributed by atoms with E-state index in [1.54, 1.807) is 35.5 Å². The SMILES string of the molecule is O=C1N[C@@H]2COC[C@H]1CN(C(=O)c1ccc3nccnc3c1)C2. The predicted molar refractivity (Wildman–Crippen MR) is 81.7 cm³/mol. The molecule has 2 aromatic rings. The molecule has 0 unspecified atom stereocenters. The first-order valence-corrected chi connectivity index (χ1v) is 7.59. The van der Waals surface area contributed by atoms with Crippen LogP contribution in [-0.2, 0) is 9.53 Å². The predicted octanol–water partition coefficient (Wildman–Crippen LogP) is 0.217. The number of nitrogens with one attached hydrogen (secondary N) is 1. The summed E-state index contributed by atoms with van der Waals surface area (Å²) in [5.41, 5.74) is 2.00. The van der Waals surface area contributed by atoms with Crippen molar-refractivity contribution in [3.63, 3.8) is 0 Å². The van der Waals surface area contributed by atoms with Crippen LogP contribution in [0, 0.1) is 5.92 Å². The maximum absolute atomic E-state index is 12.8. The van der Waals surface area contributed by atoms with E-state index in [1.807, 2.05) is 0 Å². The first-order valence-electron chi connectivity index (χ1n) is 7.59. The van der Waals surface area contributed by atoms with Crippen LogP contribution >= 0.6 is 0 Å². The van der Waals surface area contributed by atoms with Gasteiger partial charge in [0.25, 0.3) is 5.91 Å². The lowest BCUT2D eigenvalue weighted by Gasteiger charge is -2.27. The van der Waals surface area contributed by atoms with Crippen LogP contribution in [-0.4, -0.2) is 59.0 Å². The molecule has 0 saturated carbocycles. The molecule has 2 fully saturated rings. The lowest BCUT2D eigenvalue weighted by Crippen LogP contribution is -2.44. The Balaban J connectivity index is 1.63. The molecule has 1 aromatic carbocycles. The maximum Gasteiger partial charge on any atom is 0.254 e. The summed E-state index contributed by atoms with van der Waals surface area (Å²) in [6.07, 6.45) is 3.23. The molecule has 7 heteroatoms. The van der Waals surface area contributed by atoms with Crippen LogP contribution < -0.4 is 5.32 Å². The minimum Gasteiger partial charge on any atom is -0.378 e. The van der Waals surface area contributed by atoms with Crippen LogP contribution in [0.15, 0.2) is 30.6 Å². The third-order valence-electron chi connectivity index (χ3n) is 4.24. The van der Waals surface area contributed by atoms with Crippen LogP contribution in [0.1, 0.15) is 10.4 Å². The van der Waals surface area contributed by atoms with Gasteiger partial charge in [0, 0.05) is 31.0 Å². The van der Waals surface area contributed by atoms with Crippen molar-refractivity contribution in [3.05, 3.63) is 36.2 Å². The van der Waals surface area contributed by atoms with Crippen LogP contribution in [0.25, 0.3) is 11.0 Å². The fraction of sp³-hybridized carbons (Fsp3) is 0.375. The Kier molecular flexibility index (Phi) is 3.42. The number of hydrogen-bond acceptors (Lipinski definition) is 5. The van der Waals surface area contributed by atoms with E-state index in [9.17, 15) is 9.59 Å². The van der Waals surface area contributed by atoms with Gasteiger partial charge in [-0.25, -0.2) is 0 Å². The van der Waals surface area contributed by atoms with E-state index in [4.69, 9.17) is 4.74 Å². The number of hydrogen-bond donors (Lipinski definition) is 1. The highest BCUT2D eigenvalue weighted by atomic mass is 16.5. The van der Waals surface area contributed by atoms with Crippen molar-refractivity contribution >= 4 is 22.8 Å². The molecule has 118 valence electrons. The van der Waals surface area contributed by atoms with Crippen LogP contribution in [0.2, 0.25) is 0 Å². The molecule has 4 rings (SSSR count). The average molecular weight is 312 g/mol. The molecule has 2 amide bonds. The highest BCUT2D eigenvalue weighted by molar-refractivity contribution is 5.97. The molecule has 23 heavy (non-hydrogen) atoms. The van der Waals surface area contributed by atoms with Gasteiger partial charge in [0.05, 0.1) is 36.2 Å². The molecular weight excluding hydrogens is 296 g/mol. The molecule has 0 radical (unpaired) electrons. The third kappa shape index (κ3) is 2.63. The van der Waals surface area contributed by atoms with Gasteiger partial charge < -0.3 is 15.0 Å². The van der Waals surface area contributed by atoms with Gasteiger partial charge in [-0.05, 0) is 18.2 Å². The molecule has 1 N–H and O–H groups in total. The van der Waals surface area contributed by atoms with E-state index in [1.165, 1.54) is 0 Å². The van der Waals surface area contributed by atoms with E-state index >= 15 is 0 Å². The van der Waals surface area contributed by atoms with E-state index in [2.05, 4.69) is 15.3 Å². The molecule has 3 heterocycles. The van der Waals surface area contributed by atoms with Gasteiger partial charge in [0.2, 0.25) is 5.91 Å². The minimum atomic E-state index is -0.313. The molecule has 2 aliphatic rings. The van der Waals surface area contributed by atoms with Gasteiger partial charge >= 0.3 is 0 Å². The number of benzene rings is 1. The monoisotopic (exact) mass is 312 g/mol. The molecule has 2 bridgehead atoms. The Labute approximate surface area is 132 Å².